The highest BCUT2D eigenvalue weighted by Gasteiger charge is 2.53. The van der Waals surface area contributed by atoms with Crippen LogP contribution in [0.1, 0.15) is 145 Å². The smallest absolute Gasteiger partial charge is 0.478 e. The highest BCUT2D eigenvalue weighted by Crippen LogP contribution is 2.37. The van der Waals surface area contributed by atoms with Crippen LogP contribution in [0.3, 0.4) is 0 Å². The number of aromatic carboxylic acids is 1. The number of rotatable bonds is 10. The molecule has 3 aliphatic rings. The molecule has 88 heavy (non-hydrogen) atoms. The second-order valence-corrected chi connectivity index (χ2v) is 24.6. The Morgan fingerprint density at radius 3 is 1.52 bits per heavy atom. The number of alkyl halides is 1. The lowest BCUT2D eigenvalue weighted by Crippen LogP contribution is -2.41. The molecule has 1 saturated heterocycles. The lowest BCUT2D eigenvalue weighted by Gasteiger charge is -2.32. The second kappa shape index (κ2) is 32.2. The molecule has 2 aliphatic carbocycles. The van der Waals surface area contributed by atoms with Gasteiger partial charge in [0.25, 0.3) is 17.4 Å². The van der Waals surface area contributed by atoms with Crippen LogP contribution in [0.2, 0.25) is 0 Å². The normalized spacial score (nSPS) is 14.8. The number of amides is 2. The zero-order valence-corrected chi connectivity index (χ0v) is 56.8. The molecule has 3 aromatic carbocycles. The molecular formula is C67H84BBr2FN8O9. The summed E-state index contributed by atoms with van der Waals surface area (Å²) in [7, 11) is 2.49. The van der Waals surface area contributed by atoms with E-state index in [1.165, 1.54) is 0 Å². The molecule has 17 nitrogen and oxygen atoms in total. The first-order valence-corrected chi connectivity index (χ1v) is 30.0. The van der Waals surface area contributed by atoms with Gasteiger partial charge in [-0.25, -0.2) is 4.79 Å². The molecule has 0 bridgehead atoms. The number of pyridine rings is 1. The van der Waals surface area contributed by atoms with E-state index < -0.39 is 13.1 Å². The van der Waals surface area contributed by atoms with Crippen LogP contribution < -0.4 is 27.5 Å². The summed E-state index contributed by atoms with van der Waals surface area (Å²) in [6.45, 7) is 30.2. The standard InChI is InChI=1S/C22H25N3O2.C17H18BrNO2.C11H19BN2O2.C8H7BrO2.C8H12N2O.CH3F/c1-13-9-14(2)19(20(26)10-13)12-23-22(27)18-8-6-7-17(16(18)4)21-15(3)11-24-25(21)5;1-10-7-11(2)14(16(20)8-10)9-19-17(21)13-5-4-6-15(18)12(13)3;1-8-7-13-14(6)9(8)12-15-10(2,3)11(4,5)16-12;1-5-6(8(10)11)3-2-4-7(5)9;1-5-3-6(2)10-8(11)7(5)4-9;1-2/h6-9,11H,10,12H2,1-5H3,(H,23,27);4-7H,8-9H2,1-3H3,(H,19,21);7H,1-6H3;2-4H,1H3,(H,10,11);3H,4,9H2,1-2H3,(H,10,11);1H3/i;;;;;1D. The van der Waals surface area contributed by atoms with E-state index in [0.29, 0.717) is 52.8 Å². The number of nitrogens with two attached hydrogens (primary N) is 1. The predicted octanol–water partition coefficient (Wildman–Crippen LogP) is 11.9. The van der Waals surface area contributed by atoms with E-state index in [1.54, 1.807) is 25.1 Å². The average Bonchev–Trinajstić information content (AvgIpc) is 2.09. The lowest BCUT2D eigenvalue weighted by molar-refractivity contribution is -0.116. The number of nitrogens with zero attached hydrogens (tertiary/aromatic N) is 4. The molecule has 0 spiro atoms. The Morgan fingerprint density at radius 1 is 0.693 bits per heavy atom. The predicted molar refractivity (Wildman–Crippen MR) is 355 cm³/mol. The fourth-order valence-corrected chi connectivity index (χ4v) is 10.7. The van der Waals surface area contributed by atoms with Gasteiger partial charge in [-0.2, -0.15) is 10.2 Å². The van der Waals surface area contributed by atoms with Gasteiger partial charge < -0.3 is 35.8 Å². The van der Waals surface area contributed by atoms with E-state index in [2.05, 4.69) is 85.4 Å². The number of Topliss-reactive ketones (excluding diaryl/α,β-unsaturated/α-hetero) is 2. The van der Waals surface area contributed by atoms with Gasteiger partial charge in [-0.3, -0.25) is 37.7 Å². The Balaban J connectivity index is 0.000000245. The van der Waals surface area contributed by atoms with E-state index in [9.17, 15) is 33.2 Å². The number of allylic oxidation sites excluding steroid dienone is 6. The molecule has 6 aromatic rings. The van der Waals surface area contributed by atoms with Gasteiger partial charge >= 0.3 is 13.1 Å². The first-order chi connectivity index (χ1) is 41.6. The Labute approximate surface area is 535 Å². The number of hydrogen-bond acceptors (Lipinski definition) is 11. The number of carbonyl (C=O) groups excluding carboxylic acids is 4. The SMILES string of the molecule is CC1=CC(C)=C(CNC(=O)c2cccc(-c3c(C)cnn3C)c2C)C(=O)C1.CC1=CC(C)=C(CNC(=O)c2cccc(Br)c2C)C(=O)C1.Cc1c(Br)cccc1C(=O)O.Cc1cc(C)c(CN)c(=O)[nH]1.Cc1cnn(C)c1B1OC(C)(C)C(C)(C)O1.[2H]CF. The third kappa shape index (κ3) is 18.6. The molecule has 0 unspecified atom stereocenters. The van der Waals surface area contributed by atoms with Crippen LogP contribution in [0, 0.1) is 48.5 Å². The number of carbonyl (C=O) groups is 5. The number of H-pyrrole nitrogens is 1. The van der Waals surface area contributed by atoms with Crippen LogP contribution in [0.25, 0.3) is 11.3 Å². The molecule has 9 rings (SSSR count). The van der Waals surface area contributed by atoms with Crippen molar-refractivity contribution < 1.29 is 44.1 Å². The Kier molecular flexibility index (Phi) is 26.1. The van der Waals surface area contributed by atoms with Crippen molar-refractivity contribution in [3.63, 3.8) is 0 Å². The van der Waals surface area contributed by atoms with Crippen molar-refractivity contribution in [2.75, 3.05) is 20.2 Å². The quantitative estimate of drug-likeness (QED) is 0.0805. The van der Waals surface area contributed by atoms with Gasteiger partial charge in [-0.05, 0) is 185 Å². The summed E-state index contributed by atoms with van der Waals surface area (Å²) < 4.78 is 32.8. The van der Waals surface area contributed by atoms with Crippen LogP contribution in [-0.4, -0.2) is 97.6 Å². The molecular weight excluding hydrogens is 1250 g/mol. The molecule has 6 N–H and O–H groups in total. The maximum atomic E-state index is 12.8. The van der Waals surface area contributed by atoms with E-state index in [4.69, 9.17) is 21.5 Å². The Bertz CT molecular complexity index is 3750. The van der Waals surface area contributed by atoms with E-state index in [-0.39, 0.29) is 60.4 Å². The topological polar surface area (TPSA) is 243 Å². The van der Waals surface area contributed by atoms with Crippen molar-refractivity contribution in [3.8, 4) is 11.3 Å². The lowest BCUT2D eigenvalue weighted by atomic mass is 9.82. The maximum Gasteiger partial charge on any atom is 0.514 e. The Morgan fingerprint density at radius 2 is 1.12 bits per heavy atom. The first-order valence-electron chi connectivity index (χ1n) is 29.1. The number of benzene rings is 3. The largest absolute Gasteiger partial charge is 0.514 e. The minimum absolute atomic E-state index is 0.0648. The van der Waals surface area contributed by atoms with Gasteiger partial charge in [-0.15, -0.1) is 0 Å². The summed E-state index contributed by atoms with van der Waals surface area (Å²) in [6, 6.07) is 18.2. The molecule has 1 aliphatic heterocycles. The molecule has 4 heterocycles. The summed E-state index contributed by atoms with van der Waals surface area (Å²) in [6.07, 6.45) is 8.55. The summed E-state index contributed by atoms with van der Waals surface area (Å²) >= 11 is 6.67. The van der Waals surface area contributed by atoms with Gasteiger partial charge in [0, 0.05) is 94.6 Å². The van der Waals surface area contributed by atoms with E-state index in [0.717, 1.165) is 87.2 Å². The van der Waals surface area contributed by atoms with Crippen LogP contribution in [-0.2, 0) is 39.5 Å². The third-order valence-corrected chi connectivity index (χ3v) is 17.3. The van der Waals surface area contributed by atoms with Crippen LogP contribution >= 0.6 is 31.9 Å². The minimum atomic E-state index is -1.00. The van der Waals surface area contributed by atoms with Gasteiger partial charge in [0.15, 0.2) is 11.6 Å². The summed E-state index contributed by atoms with van der Waals surface area (Å²) in [4.78, 5) is 73.7. The van der Waals surface area contributed by atoms with Gasteiger partial charge in [-0.1, -0.05) is 79.4 Å². The number of aromatic amines is 1. The van der Waals surface area contributed by atoms with Crippen molar-refractivity contribution in [1.82, 2.24) is 35.2 Å². The Hall–Kier alpha value is -7.43. The van der Waals surface area contributed by atoms with Crippen molar-refractivity contribution >= 4 is 73.9 Å². The summed E-state index contributed by atoms with van der Waals surface area (Å²) in [5.41, 5.74) is 21.9. The molecule has 0 atom stereocenters. The number of carboxylic acids is 1. The molecule has 470 valence electrons. The number of carboxylic acid groups (broad SMARTS) is 1. The van der Waals surface area contributed by atoms with Crippen LogP contribution in [0.4, 0.5) is 4.39 Å². The number of nitrogens with one attached hydrogen (secondary N) is 3. The number of halogens is 3. The zero-order chi connectivity index (χ0) is 67.0. The number of aryl methyl sites for hydroxylation is 6. The van der Waals surface area contributed by atoms with Crippen molar-refractivity contribution in [2.45, 2.75) is 134 Å². The first kappa shape index (κ1) is 71.3. The molecule has 0 radical (unpaired) electrons. The minimum Gasteiger partial charge on any atom is -0.478 e. The zero-order valence-electron chi connectivity index (χ0n) is 54.6. The van der Waals surface area contributed by atoms with Crippen LogP contribution in [0.5, 0.6) is 0 Å². The van der Waals surface area contributed by atoms with Gasteiger partial charge in [0.2, 0.25) is 0 Å². The van der Waals surface area contributed by atoms with Crippen molar-refractivity contribution in [1.29, 1.82) is 0 Å². The monoisotopic (exact) mass is 1330 g/mol. The number of ketones is 2. The molecule has 2 amide bonds. The van der Waals surface area contributed by atoms with Crippen molar-refractivity contribution in [2.24, 2.45) is 19.8 Å². The highest BCUT2D eigenvalue weighted by molar-refractivity contribution is 9.10. The molecule has 0 saturated carbocycles. The second-order valence-electron chi connectivity index (χ2n) is 22.8. The molecule has 3 aromatic heterocycles. The van der Waals surface area contributed by atoms with Gasteiger partial charge in [0.05, 0.1) is 49.0 Å². The fraction of sp³-hybridized carbons (Fsp3) is 0.373. The maximum absolute atomic E-state index is 12.8. The van der Waals surface area contributed by atoms with Crippen molar-refractivity contribution in [3.05, 3.63) is 199 Å². The average molecular weight is 1340 g/mol. The highest BCUT2D eigenvalue weighted by atomic mass is 79.9. The molecule has 1 fully saturated rings. The molecule has 21 heteroatoms. The van der Waals surface area contributed by atoms with Gasteiger partial charge in [0.1, 0.15) is 0 Å². The van der Waals surface area contributed by atoms with Crippen LogP contribution in [0.15, 0.2) is 132 Å². The third-order valence-electron chi connectivity index (χ3n) is 15.6. The number of aromatic nitrogens is 5. The van der Waals surface area contributed by atoms with E-state index >= 15 is 0 Å². The fourth-order valence-electron chi connectivity index (χ4n) is 9.93. The number of hydrogen-bond donors (Lipinski definition) is 5. The summed E-state index contributed by atoms with van der Waals surface area (Å²) in [5, 5.41) is 22.9. The summed E-state index contributed by atoms with van der Waals surface area (Å²) in [5.74, 6) is -1.03. The van der Waals surface area contributed by atoms with E-state index in [1.807, 2.05) is 160 Å².